The summed E-state index contributed by atoms with van der Waals surface area (Å²) in [6, 6.07) is 3.94. The van der Waals surface area contributed by atoms with E-state index >= 15 is 0 Å². The van der Waals surface area contributed by atoms with Crippen LogP contribution in [-0.2, 0) is 7.05 Å². The molecule has 0 amide bonds. The quantitative estimate of drug-likeness (QED) is 0.731. The summed E-state index contributed by atoms with van der Waals surface area (Å²) < 4.78 is 1.82. The highest BCUT2D eigenvalue weighted by Gasteiger charge is 2.16. The third-order valence-electron chi connectivity index (χ3n) is 2.69. The second-order valence-corrected chi connectivity index (χ2v) is 4.22. The maximum absolute atomic E-state index is 12.0. The molecule has 4 heteroatoms. The lowest BCUT2D eigenvalue weighted by Gasteiger charge is -2.24. The van der Waals surface area contributed by atoms with Crippen molar-refractivity contribution < 1.29 is 9.90 Å². The number of hydrogen-bond acceptors (Lipinski definition) is 3. The lowest BCUT2D eigenvalue weighted by atomic mass is 10.2. The topological polar surface area (TPSA) is 45.5 Å². The van der Waals surface area contributed by atoms with Gasteiger partial charge in [0.15, 0.2) is 5.78 Å². The molecule has 1 N–H and O–H groups in total. The van der Waals surface area contributed by atoms with Crippen LogP contribution in [0, 0.1) is 0 Å². The minimum atomic E-state index is 0.0819. The van der Waals surface area contributed by atoms with Crippen molar-refractivity contribution in [3.63, 3.8) is 0 Å². The van der Waals surface area contributed by atoms with Gasteiger partial charge in [-0.25, -0.2) is 0 Å². The van der Waals surface area contributed by atoms with Gasteiger partial charge in [-0.05, 0) is 26.0 Å². The maximum atomic E-state index is 12.0. The Morgan fingerprint density at radius 1 is 1.56 bits per heavy atom. The molecule has 1 aromatic rings. The fourth-order valence-electron chi connectivity index (χ4n) is 1.66. The number of hydrogen-bond donors (Lipinski definition) is 1. The molecule has 0 saturated heterocycles. The molecule has 0 atom stereocenters. The molecule has 0 spiro atoms. The molecule has 0 fully saturated rings. The first-order valence-electron chi connectivity index (χ1n) is 5.55. The summed E-state index contributed by atoms with van der Waals surface area (Å²) >= 11 is 0. The molecular formula is C12H20N2O2. The molecule has 0 saturated carbocycles. The van der Waals surface area contributed by atoms with Gasteiger partial charge in [-0.15, -0.1) is 0 Å². The van der Waals surface area contributed by atoms with Gasteiger partial charge in [-0.3, -0.25) is 9.69 Å². The standard InChI is InChI=1S/C12H20N2O2/c1-10(2)14(7-8-15)9-12(16)11-5-4-6-13(11)3/h4-6,10,15H,7-9H2,1-3H3. The van der Waals surface area contributed by atoms with E-state index in [2.05, 4.69) is 0 Å². The number of aryl methyl sites for hydroxylation is 1. The second kappa shape index (κ2) is 5.82. The average molecular weight is 224 g/mol. The molecule has 0 bridgehead atoms. The lowest BCUT2D eigenvalue weighted by Crippen LogP contribution is -2.38. The van der Waals surface area contributed by atoms with E-state index in [9.17, 15) is 4.79 Å². The summed E-state index contributed by atoms with van der Waals surface area (Å²) in [6.07, 6.45) is 1.86. The highest BCUT2D eigenvalue weighted by molar-refractivity contribution is 5.96. The van der Waals surface area contributed by atoms with E-state index < -0.39 is 0 Å². The van der Waals surface area contributed by atoms with Gasteiger partial charge >= 0.3 is 0 Å². The molecule has 0 aliphatic carbocycles. The number of aromatic nitrogens is 1. The normalized spacial score (nSPS) is 11.4. The molecule has 4 nitrogen and oxygen atoms in total. The van der Waals surface area contributed by atoms with E-state index in [-0.39, 0.29) is 18.4 Å². The Hall–Kier alpha value is -1.13. The Morgan fingerprint density at radius 2 is 2.25 bits per heavy atom. The molecule has 0 aliphatic heterocycles. The fraction of sp³-hybridized carbons (Fsp3) is 0.583. The summed E-state index contributed by atoms with van der Waals surface area (Å²) in [6.45, 7) is 5.02. The number of rotatable bonds is 6. The number of aliphatic hydroxyl groups is 1. The Bertz CT molecular complexity index is 345. The van der Waals surface area contributed by atoms with Gasteiger partial charge in [0.05, 0.1) is 18.8 Å². The van der Waals surface area contributed by atoms with Crippen LogP contribution in [0.5, 0.6) is 0 Å². The summed E-state index contributed by atoms with van der Waals surface area (Å²) in [4.78, 5) is 13.9. The van der Waals surface area contributed by atoms with E-state index in [1.165, 1.54) is 0 Å². The molecule has 90 valence electrons. The van der Waals surface area contributed by atoms with E-state index in [0.717, 1.165) is 0 Å². The van der Waals surface area contributed by atoms with Crippen molar-refractivity contribution in [1.29, 1.82) is 0 Å². The lowest BCUT2D eigenvalue weighted by molar-refractivity contribution is 0.0873. The third-order valence-corrected chi connectivity index (χ3v) is 2.69. The summed E-state index contributed by atoms with van der Waals surface area (Å²) in [7, 11) is 1.86. The van der Waals surface area contributed by atoms with Crippen LogP contribution < -0.4 is 0 Å². The smallest absolute Gasteiger partial charge is 0.193 e. The van der Waals surface area contributed by atoms with Crippen molar-refractivity contribution in [2.24, 2.45) is 7.05 Å². The molecule has 0 aliphatic rings. The van der Waals surface area contributed by atoms with Crippen molar-refractivity contribution >= 4 is 5.78 Å². The SMILES string of the molecule is CC(C)N(CCO)CC(=O)c1cccn1C. The van der Waals surface area contributed by atoms with Gasteiger partial charge in [-0.1, -0.05) is 0 Å². The van der Waals surface area contributed by atoms with E-state index in [1.54, 1.807) is 0 Å². The average Bonchev–Trinajstić information content (AvgIpc) is 2.63. The van der Waals surface area contributed by atoms with Crippen molar-refractivity contribution in [3.05, 3.63) is 24.0 Å². The number of ketones is 1. The molecule has 0 radical (unpaired) electrons. The van der Waals surface area contributed by atoms with Gasteiger partial charge in [0, 0.05) is 25.8 Å². The van der Waals surface area contributed by atoms with Crippen LogP contribution >= 0.6 is 0 Å². The number of Topliss-reactive ketones (excluding diaryl/α,β-unsaturated/α-hetero) is 1. The Labute approximate surface area is 96.5 Å². The molecule has 1 heterocycles. The zero-order valence-corrected chi connectivity index (χ0v) is 10.2. The summed E-state index contributed by atoms with van der Waals surface area (Å²) in [5.41, 5.74) is 0.712. The van der Waals surface area contributed by atoms with Crippen molar-refractivity contribution in [1.82, 2.24) is 9.47 Å². The molecular weight excluding hydrogens is 204 g/mol. The van der Waals surface area contributed by atoms with Crippen LogP contribution in [0.15, 0.2) is 18.3 Å². The van der Waals surface area contributed by atoms with Gasteiger partial charge in [0.1, 0.15) is 0 Å². The first kappa shape index (κ1) is 12.9. The third kappa shape index (κ3) is 3.18. The van der Waals surface area contributed by atoms with Crippen LogP contribution in [0.1, 0.15) is 24.3 Å². The first-order valence-corrected chi connectivity index (χ1v) is 5.55. The van der Waals surface area contributed by atoms with Gasteiger partial charge in [0.25, 0.3) is 0 Å². The van der Waals surface area contributed by atoms with Gasteiger partial charge in [-0.2, -0.15) is 0 Å². The van der Waals surface area contributed by atoms with Crippen molar-refractivity contribution in [2.45, 2.75) is 19.9 Å². The monoisotopic (exact) mass is 224 g/mol. The first-order chi connectivity index (χ1) is 7.56. The second-order valence-electron chi connectivity index (χ2n) is 4.22. The Morgan fingerprint density at radius 3 is 2.69 bits per heavy atom. The van der Waals surface area contributed by atoms with Crippen LogP contribution in [0.3, 0.4) is 0 Å². The van der Waals surface area contributed by atoms with Crippen LogP contribution in [0.4, 0.5) is 0 Å². The summed E-state index contributed by atoms with van der Waals surface area (Å²) in [5, 5.41) is 8.93. The Balaban J connectivity index is 2.65. The highest BCUT2D eigenvalue weighted by atomic mass is 16.3. The number of carbonyl (C=O) groups is 1. The predicted molar refractivity (Wildman–Crippen MR) is 63.5 cm³/mol. The molecule has 16 heavy (non-hydrogen) atoms. The van der Waals surface area contributed by atoms with E-state index in [4.69, 9.17) is 5.11 Å². The van der Waals surface area contributed by atoms with Crippen molar-refractivity contribution in [2.75, 3.05) is 19.7 Å². The van der Waals surface area contributed by atoms with Gasteiger partial charge < -0.3 is 9.67 Å². The molecule has 0 aromatic carbocycles. The van der Waals surface area contributed by atoms with E-state index in [0.29, 0.717) is 18.8 Å². The van der Waals surface area contributed by atoms with Crippen LogP contribution in [0.2, 0.25) is 0 Å². The van der Waals surface area contributed by atoms with Crippen LogP contribution in [0.25, 0.3) is 0 Å². The molecule has 1 rings (SSSR count). The number of nitrogens with zero attached hydrogens (tertiary/aromatic N) is 2. The fourth-order valence-corrected chi connectivity index (χ4v) is 1.66. The maximum Gasteiger partial charge on any atom is 0.193 e. The molecule has 0 unspecified atom stereocenters. The minimum Gasteiger partial charge on any atom is -0.395 e. The van der Waals surface area contributed by atoms with Crippen LogP contribution in [-0.4, -0.2) is 46.1 Å². The predicted octanol–water partition coefficient (Wildman–Crippen LogP) is 0.910. The largest absolute Gasteiger partial charge is 0.395 e. The molecule has 1 aromatic heterocycles. The van der Waals surface area contributed by atoms with E-state index in [1.807, 2.05) is 48.7 Å². The van der Waals surface area contributed by atoms with Gasteiger partial charge in [0.2, 0.25) is 0 Å². The zero-order chi connectivity index (χ0) is 12.1. The summed E-state index contributed by atoms with van der Waals surface area (Å²) in [5.74, 6) is 0.0923. The van der Waals surface area contributed by atoms with Crippen molar-refractivity contribution in [3.8, 4) is 0 Å². The highest BCUT2D eigenvalue weighted by Crippen LogP contribution is 2.05. The Kier molecular flexibility index (Phi) is 4.71. The number of aliphatic hydroxyl groups excluding tert-OH is 1. The number of carbonyl (C=O) groups excluding carboxylic acids is 1. The minimum absolute atomic E-state index is 0.0819. The zero-order valence-electron chi connectivity index (χ0n) is 10.2.